The number of alkyl carbamates (subject to hydrolysis) is 1. The summed E-state index contributed by atoms with van der Waals surface area (Å²) < 4.78 is 25.5. The van der Waals surface area contributed by atoms with Gasteiger partial charge in [0.1, 0.15) is 17.5 Å². The lowest BCUT2D eigenvalue weighted by Gasteiger charge is -2.23. The molecule has 7 heteroatoms. The van der Waals surface area contributed by atoms with Crippen molar-refractivity contribution < 1.29 is 23.5 Å². The summed E-state index contributed by atoms with van der Waals surface area (Å²) in [6, 6.07) is 11.9. The largest absolute Gasteiger partial charge is 0.444 e. The molecule has 0 saturated carbocycles. The third-order valence-corrected chi connectivity index (χ3v) is 5.32. The molecule has 2 aromatic carbocycles. The fourth-order valence-corrected chi connectivity index (χ4v) is 3.62. The molecule has 6 nitrogen and oxygen atoms in total. The fraction of sp³-hybridized carbons (Fsp3) is 0.440. The average molecular weight is 443 g/mol. The maximum atomic E-state index is 14.9. The molecule has 0 spiro atoms. The summed E-state index contributed by atoms with van der Waals surface area (Å²) in [7, 11) is 0. The van der Waals surface area contributed by atoms with E-state index in [1.165, 1.54) is 11.0 Å². The van der Waals surface area contributed by atoms with Crippen molar-refractivity contribution in [2.24, 2.45) is 0 Å². The Morgan fingerprint density at radius 3 is 2.44 bits per heavy atom. The molecule has 1 saturated heterocycles. The molecule has 172 valence electrons. The van der Waals surface area contributed by atoms with Crippen molar-refractivity contribution in [3.63, 3.8) is 0 Å². The Bertz CT molecular complexity index is 969. The first-order chi connectivity index (χ1) is 15.1. The molecule has 0 radical (unpaired) electrons. The van der Waals surface area contributed by atoms with E-state index in [0.29, 0.717) is 29.8 Å². The first-order valence-corrected chi connectivity index (χ1v) is 11.0. The normalized spacial score (nSPS) is 17.1. The monoisotopic (exact) mass is 442 g/mol. The van der Waals surface area contributed by atoms with Gasteiger partial charge < -0.3 is 14.8 Å². The van der Waals surface area contributed by atoms with Gasteiger partial charge in [-0.15, -0.1) is 0 Å². The standard InChI is InChI=1S/C25H31FN2O4/c1-6-19-15-28(24(30)31-19)18-12-13-20(21(26)14-18)16-8-10-17(11-9-16)22(7-2)27-23(29)32-25(3,4)5/h8-14,19,22H,6-7,15H2,1-5H3,(H,27,29)/t19-,22?/m0/s1. The van der Waals surface area contributed by atoms with Crippen molar-refractivity contribution in [3.05, 3.63) is 53.8 Å². The van der Waals surface area contributed by atoms with Crippen molar-refractivity contribution in [3.8, 4) is 11.1 Å². The average Bonchev–Trinajstić information content (AvgIpc) is 3.11. The van der Waals surface area contributed by atoms with Crippen LogP contribution in [-0.2, 0) is 9.47 Å². The zero-order valence-corrected chi connectivity index (χ0v) is 19.3. The topological polar surface area (TPSA) is 67.9 Å². The fourth-order valence-electron chi connectivity index (χ4n) is 3.62. The van der Waals surface area contributed by atoms with E-state index in [0.717, 1.165) is 12.0 Å². The smallest absolute Gasteiger partial charge is 0.414 e. The molecule has 2 atom stereocenters. The Hall–Kier alpha value is -3.09. The minimum atomic E-state index is -0.570. The van der Waals surface area contributed by atoms with Crippen LogP contribution in [-0.4, -0.2) is 30.4 Å². The van der Waals surface area contributed by atoms with Gasteiger partial charge in [0.05, 0.1) is 18.3 Å². The molecule has 32 heavy (non-hydrogen) atoms. The minimum absolute atomic E-state index is 0.168. The first kappa shape index (κ1) is 23.6. The van der Waals surface area contributed by atoms with Crippen molar-refractivity contribution in [1.82, 2.24) is 5.32 Å². The summed E-state index contributed by atoms with van der Waals surface area (Å²) >= 11 is 0. The number of ether oxygens (including phenoxy) is 2. The molecule has 3 rings (SSSR count). The van der Waals surface area contributed by atoms with Crippen LogP contribution in [0.2, 0.25) is 0 Å². The molecular formula is C25H31FN2O4. The van der Waals surface area contributed by atoms with E-state index in [9.17, 15) is 14.0 Å². The summed E-state index contributed by atoms with van der Waals surface area (Å²) in [5, 5.41) is 2.88. The maximum absolute atomic E-state index is 14.9. The summed E-state index contributed by atoms with van der Waals surface area (Å²) in [6.07, 6.45) is 0.319. The highest BCUT2D eigenvalue weighted by Crippen LogP contribution is 2.30. The second-order valence-corrected chi connectivity index (χ2v) is 8.92. The number of carbonyl (C=O) groups is 2. The predicted octanol–water partition coefficient (Wildman–Crippen LogP) is 6.20. The predicted molar refractivity (Wildman–Crippen MR) is 122 cm³/mol. The third kappa shape index (κ3) is 5.58. The Labute approximate surface area is 188 Å². The Morgan fingerprint density at radius 1 is 1.22 bits per heavy atom. The van der Waals surface area contributed by atoms with Gasteiger partial charge in [0.15, 0.2) is 0 Å². The van der Waals surface area contributed by atoms with Crippen LogP contribution >= 0.6 is 0 Å². The van der Waals surface area contributed by atoms with Gasteiger partial charge in [-0.3, -0.25) is 4.90 Å². The van der Waals surface area contributed by atoms with E-state index >= 15 is 0 Å². The van der Waals surface area contributed by atoms with E-state index in [2.05, 4.69) is 5.32 Å². The molecule has 0 aromatic heterocycles. The lowest BCUT2D eigenvalue weighted by atomic mass is 9.99. The molecule has 1 N–H and O–H groups in total. The highest BCUT2D eigenvalue weighted by molar-refractivity contribution is 5.90. The lowest BCUT2D eigenvalue weighted by molar-refractivity contribution is 0.0502. The molecule has 0 aliphatic carbocycles. The van der Waals surface area contributed by atoms with Gasteiger partial charge in [0.25, 0.3) is 0 Å². The van der Waals surface area contributed by atoms with E-state index in [1.807, 2.05) is 58.9 Å². The molecule has 1 heterocycles. The van der Waals surface area contributed by atoms with Gasteiger partial charge in [-0.05, 0) is 62.9 Å². The number of nitrogens with zero attached hydrogens (tertiary/aromatic N) is 1. The number of amides is 2. The van der Waals surface area contributed by atoms with E-state index in [-0.39, 0.29) is 12.1 Å². The number of rotatable bonds is 6. The zero-order valence-electron chi connectivity index (χ0n) is 19.3. The molecule has 1 aliphatic heterocycles. The summed E-state index contributed by atoms with van der Waals surface area (Å²) in [4.78, 5) is 25.6. The van der Waals surface area contributed by atoms with Gasteiger partial charge in [0, 0.05) is 5.56 Å². The first-order valence-electron chi connectivity index (χ1n) is 11.0. The van der Waals surface area contributed by atoms with E-state index < -0.39 is 23.6 Å². The number of anilines is 1. The zero-order chi connectivity index (χ0) is 23.5. The number of hydrogen-bond donors (Lipinski definition) is 1. The van der Waals surface area contributed by atoms with Gasteiger partial charge in [-0.2, -0.15) is 0 Å². The second-order valence-electron chi connectivity index (χ2n) is 8.92. The quantitative estimate of drug-likeness (QED) is 0.578. The van der Waals surface area contributed by atoms with E-state index in [4.69, 9.17) is 9.47 Å². The van der Waals surface area contributed by atoms with Crippen molar-refractivity contribution in [1.29, 1.82) is 0 Å². The maximum Gasteiger partial charge on any atom is 0.414 e. The van der Waals surface area contributed by atoms with Crippen LogP contribution in [0, 0.1) is 5.82 Å². The second kappa shape index (κ2) is 9.59. The number of halogens is 1. The number of carbonyl (C=O) groups excluding carboxylic acids is 2. The van der Waals surface area contributed by atoms with Crippen LogP contribution in [0.1, 0.15) is 59.1 Å². The molecule has 2 amide bonds. The minimum Gasteiger partial charge on any atom is -0.444 e. The Kier molecular flexibility index (Phi) is 7.06. The molecule has 1 unspecified atom stereocenters. The van der Waals surface area contributed by atoms with Crippen LogP contribution in [0.3, 0.4) is 0 Å². The molecule has 0 bridgehead atoms. The molecular weight excluding hydrogens is 411 g/mol. The molecule has 1 aliphatic rings. The van der Waals surface area contributed by atoms with Crippen molar-refractivity contribution in [2.45, 2.75) is 65.2 Å². The Balaban J connectivity index is 1.74. The van der Waals surface area contributed by atoms with Crippen LogP contribution in [0.4, 0.5) is 19.7 Å². The lowest BCUT2D eigenvalue weighted by Crippen LogP contribution is -2.34. The van der Waals surface area contributed by atoms with Gasteiger partial charge >= 0.3 is 12.2 Å². The van der Waals surface area contributed by atoms with Crippen LogP contribution in [0.15, 0.2) is 42.5 Å². The number of nitrogens with one attached hydrogen (secondary N) is 1. The number of hydrogen-bond acceptors (Lipinski definition) is 4. The van der Waals surface area contributed by atoms with Gasteiger partial charge in [0.2, 0.25) is 0 Å². The van der Waals surface area contributed by atoms with Crippen LogP contribution in [0.25, 0.3) is 11.1 Å². The molecule has 1 fully saturated rings. The highest BCUT2D eigenvalue weighted by atomic mass is 19.1. The van der Waals surface area contributed by atoms with Gasteiger partial charge in [-0.1, -0.05) is 38.1 Å². The number of benzene rings is 2. The SMILES string of the molecule is CCC(NC(=O)OC(C)(C)C)c1ccc(-c2ccc(N3C[C@H](CC)OC3=O)cc2F)cc1. The summed E-state index contributed by atoms with van der Waals surface area (Å²) in [6.45, 7) is 9.79. The molecule has 2 aromatic rings. The highest BCUT2D eigenvalue weighted by Gasteiger charge is 2.31. The third-order valence-electron chi connectivity index (χ3n) is 5.32. The van der Waals surface area contributed by atoms with Crippen molar-refractivity contribution in [2.75, 3.05) is 11.4 Å². The summed E-state index contributed by atoms with van der Waals surface area (Å²) in [5.74, 6) is -0.415. The van der Waals surface area contributed by atoms with Gasteiger partial charge in [-0.25, -0.2) is 14.0 Å². The van der Waals surface area contributed by atoms with E-state index in [1.54, 1.807) is 12.1 Å². The summed E-state index contributed by atoms with van der Waals surface area (Å²) in [5.41, 5.74) is 1.97. The van der Waals surface area contributed by atoms with Crippen molar-refractivity contribution >= 4 is 17.9 Å². The number of cyclic esters (lactones) is 1. The Morgan fingerprint density at radius 2 is 1.91 bits per heavy atom. The van der Waals surface area contributed by atoms with Crippen LogP contribution in [0.5, 0.6) is 0 Å². The van der Waals surface area contributed by atoms with Crippen LogP contribution < -0.4 is 10.2 Å².